The van der Waals surface area contributed by atoms with Crippen molar-refractivity contribution in [1.82, 2.24) is 0 Å². The van der Waals surface area contributed by atoms with Crippen LogP contribution in [-0.4, -0.2) is 33.2 Å². The Balaban J connectivity index is 0.000000476. The Morgan fingerprint density at radius 2 is 0.952 bits per heavy atom. The summed E-state index contributed by atoms with van der Waals surface area (Å²) in [6.07, 6.45) is 0. The Morgan fingerprint density at radius 3 is 1.36 bits per heavy atom. The molecule has 4 heteroatoms. The Morgan fingerprint density at radius 1 is 0.548 bits per heavy atom. The van der Waals surface area contributed by atoms with Gasteiger partial charge in [-0.25, -0.2) is 0 Å². The van der Waals surface area contributed by atoms with Crippen LogP contribution < -0.4 is 4.90 Å². The molecule has 0 saturated carbocycles. The van der Waals surface area contributed by atoms with E-state index in [0.29, 0.717) is 0 Å². The van der Waals surface area contributed by atoms with Crippen molar-refractivity contribution in [2.75, 3.05) is 33.2 Å². The van der Waals surface area contributed by atoms with E-state index in [9.17, 15) is 0 Å². The van der Waals surface area contributed by atoms with Crippen LogP contribution in [0.3, 0.4) is 0 Å². The summed E-state index contributed by atoms with van der Waals surface area (Å²) in [4.78, 5) is 1.48. The summed E-state index contributed by atoms with van der Waals surface area (Å²) < 4.78 is 0. The summed E-state index contributed by atoms with van der Waals surface area (Å²) in [5.74, 6) is 0. The molecule has 4 aromatic rings. The minimum Gasteiger partial charge on any atom is -0.680 e. The van der Waals surface area contributed by atoms with E-state index in [1.807, 2.05) is 60.7 Å². The molecule has 4 aromatic carbocycles. The number of quaternary nitrogens is 1. The van der Waals surface area contributed by atoms with Gasteiger partial charge in [-0.05, 0) is 59.6 Å². The normalized spacial score (nSPS) is 10.7. The summed E-state index contributed by atoms with van der Waals surface area (Å²) in [6, 6.07) is 26.4. The van der Waals surface area contributed by atoms with Crippen molar-refractivity contribution < 1.29 is 31.1 Å². The third-order valence-corrected chi connectivity index (χ3v) is 7.25. The second-order valence-electron chi connectivity index (χ2n) is 11.0. The minimum absolute atomic E-state index is 0. The van der Waals surface area contributed by atoms with E-state index in [-0.39, 0.29) is 26.2 Å². The van der Waals surface area contributed by atoms with Gasteiger partial charge in [-0.3, -0.25) is 0 Å². The fourth-order valence-electron chi connectivity index (χ4n) is 4.73. The molecule has 0 spiro atoms. The number of hydrogen-bond acceptors (Lipinski definition) is 0. The third-order valence-electron chi connectivity index (χ3n) is 7.25. The van der Waals surface area contributed by atoms with E-state index in [1.54, 1.807) is 0 Å². The Bertz CT molecular complexity index is 1270. The monoisotopic (exact) mass is 638 g/mol. The van der Waals surface area contributed by atoms with Crippen LogP contribution in [0.4, 0.5) is 11.4 Å². The molecule has 0 amide bonds. The van der Waals surface area contributed by atoms with Crippen LogP contribution in [0.25, 0.3) is 10.6 Å². The van der Waals surface area contributed by atoms with Crippen molar-refractivity contribution in [3.05, 3.63) is 153 Å². The van der Waals surface area contributed by atoms with Crippen molar-refractivity contribution >= 4 is 11.4 Å². The average Bonchev–Trinajstić information content (AvgIpc) is 2.92. The zero-order valence-electron chi connectivity index (χ0n) is 27.1. The number of nitrogens with zero attached hydrogens (tertiary/aromatic N) is 2. The predicted octanol–water partition coefficient (Wildman–Crippen LogP) is 8.81. The second kappa shape index (κ2) is 19.3. The molecule has 220 valence electrons. The van der Waals surface area contributed by atoms with Gasteiger partial charge in [0.1, 0.15) is 0 Å². The molecular formula is C38H50N3Zr+. The van der Waals surface area contributed by atoms with Crippen molar-refractivity contribution in [3.8, 4) is 0 Å². The topological polar surface area (TPSA) is 32.6 Å². The van der Waals surface area contributed by atoms with E-state index in [4.69, 9.17) is 10.6 Å². The largest absolute Gasteiger partial charge is 4.00 e. The molecule has 0 radical (unpaired) electrons. The van der Waals surface area contributed by atoms with E-state index in [1.165, 1.54) is 55.2 Å². The minimum atomic E-state index is 0. The van der Waals surface area contributed by atoms with Gasteiger partial charge in [0.05, 0.1) is 20.1 Å². The van der Waals surface area contributed by atoms with Crippen LogP contribution in [0.15, 0.2) is 78.9 Å². The summed E-state index contributed by atoms with van der Waals surface area (Å²) in [5, 5.41) is 9.75. The molecule has 42 heavy (non-hydrogen) atoms. The first-order valence-electron chi connectivity index (χ1n) is 14.5. The van der Waals surface area contributed by atoms with E-state index in [2.05, 4.69) is 87.6 Å². The Kier molecular flexibility index (Phi) is 17.0. The standard InChI is InChI=1S/C24H35N3.2C7H7.Zr/c1-16-13-18(3)23(19(4)14-16)25-9-11-27(8)12-10-26-24-20(5)15-17(2)21(6)22(24)7;2*1-7-5-3-2-4-6-7;/h13-15H,9-12H2,1-8H3;2*2-6H,1H2;/q-2;2*-1;+4/p+1. The fraction of sp³-hybridized carbons (Fsp3) is 0.316. The molecule has 3 nitrogen and oxygen atoms in total. The average molecular weight is 640 g/mol. The Labute approximate surface area is 276 Å². The molecule has 0 aromatic heterocycles. The SMILES string of the molecule is Cc1cc(C)c([N-]CC[NH+](C)CC[N-]c2c(C)cc(C)c(C)c2C)c(C)c1.[CH2-]c1ccccc1.[CH2-]c1ccccc1.[Zr+4]. The number of aryl methyl sites for hydroxylation is 5. The number of likely N-dealkylation sites (N-methyl/N-ethyl adjacent to an activating group) is 1. The molecule has 0 bridgehead atoms. The van der Waals surface area contributed by atoms with Gasteiger partial charge in [0, 0.05) is 0 Å². The molecule has 1 atom stereocenters. The second-order valence-corrected chi connectivity index (χ2v) is 11.0. The van der Waals surface area contributed by atoms with Crippen LogP contribution in [0.2, 0.25) is 0 Å². The first-order valence-corrected chi connectivity index (χ1v) is 14.5. The van der Waals surface area contributed by atoms with Gasteiger partial charge in [-0.15, -0.1) is 35.6 Å². The van der Waals surface area contributed by atoms with Gasteiger partial charge in [0.2, 0.25) is 0 Å². The van der Waals surface area contributed by atoms with Crippen molar-refractivity contribution in [2.45, 2.75) is 48.5 Å². The number of hydrogen-bond donors (Lipinski definition) is 1. The molecule has 0 aliphatic heterocycles. The van der Waals surface area contributed by atoms with Crippen LogP contribution in [0.1, 0.15) is 50.1 Å². The van der Waals surface area contributed by atoms with E-state index >= 15 is 0 Å². The smallest absolute Gasteiger partial charge is 0.680 e. The van der Waals surface area contributed by atoms with Crippen LogP contribution in [0.5, 0.6) is 0 Å². The molecule has 0 saturated heterocycles. The molecule has 0 heterocycles. The Hall–Kier alpha value is -2.94. The zero-order valence-corrected chi connectivity index (χ0v) is 29.6. The van der Waals surface area contributed by atoms with E-state index < -0.39 is 0 Å². The first-order chi connectivity index (χ1) is 19.5. The maximum Gasteiger partial charge on any atom is 4.00 e. The van der Waals surface area contributed by atoms with Crippen LogP contribution in [-0.2, 0) is 26.2 Å². The first kappa shape index (κ1) is 37.1. The van der Waals surface area contributed by atoms with Crippen LogP contribution in [0, 0.1) is 62.3 Å². The molecule has 0 fully saturated rings. The van der Waals surface area contributed by atoms with E-state index in [0.717, 1.165) is 37.3 Å². The van der Waals surface area contributed by atoms with Gasteiger partial charge < -0.3 is 15.5 Å². The number of rotatable bonds is 8. The fourth-order valence-corrected chi connectivity index (χ4v) is 4.73. The van der Waals surface area contributed by atoms with Gasteiger partial charge in [-0.2, -0.15) is 49.2 Å². The number of nitrogens with one attached hydrogen (secondary N) is 1. The molecule has 0 aliphatic rings. The maximum atomic E-state index is 4.90. The predicted molar refractivity (Wildman–Crippen MR) is 180 cm³/mol. The molecule has 4 rings (SSSR count). The summed E-state index contributed by atoms with van der Waals surface area (Å²) in [7, 11) is 2.24. The van der Waals surface area contributed by atoms with Gasteiger partial charge in [0.15, 0.2) is 0 Å². The zero-order chi connectivity index (χ0) is 30.4. The maximum absolute atomic E-state index is 4.90. The quantitative estimate of drug-likeness (QED) is 0.187. The van der Waals surface area contributed by atoms with Crippen molar-refractivity contribution in [2.24, 2.45) is 0 Å². The molecular weight excluding hydrogens is 590 g/mol. The summed E-state index contributed by atoms with van der Waals surface area (Å²) >= 11 is 0. The third kappa shape index (κ3) is 12.9. The van der Waals surface area contributed by atoms with Crippen molar-refractivity contribution in [3.63, 3.8) is 0 Å². The molecule has 0 aliphatic carbocycles. The van der Waals surface area contributed by atoms with Gasteiger partial charge in [0.25, 0.3) is 0 Å². The van der Waals surface area contributed by atoms with Gasteiger partial charge in [-0.1, -0.05) is 71.2 Å². The van der Waals surface area contributed by atoms with Crippen molar-refractivity contribution in [1.29, 1.82) is 0 Å². The molecule has 1 unspecified atom stereocenters. The summed E-state index contributed by atoms with van der Waals surface area (Å²) in [6.45, 7) is 26.4. The van der Waals surface area contributed by atoms with Gasteiger partial charge >= 0.3 is 26.2 Å². The number of benzene rings is 4. The molecule has 1 N–H and O–H groups in total. The summed E-state index contributed by atoms with van der Waals surface area (Å²) in [5.41, 5.74) is 13.7. The van der Waals surface area contributed by atoms with Crippen LogP contribution >= 0.6 is 0 Å².